The maximum Gasteiger partial charge on any atom is 0.313 e. The van der Waals surface area contributed by atoms with Crippen molar-refractivity contribution in [3.8, 4) is 5.75 Å². The predicted octanol–water partition coefficient (Wildman–Crippen LogP) is 2.06. The summed E-state index contributed by atoms with van der Waals surface area (Å²) in [6.07, 6.45) is 4.49. The lowest BCUT2D eigenvalue weighted by Gasteiger charge is -2.13. The van der Waals surface area contributed by atoms with Crippen LogP contribution in [0.5, 0.6) is 5.75 Å². The SMILES string of the molecule is O=C(O)CSc1nccn1CC1Cc2ccccc2O1. The molecule has 2 aromatic rings. The smallest absolute Gasteiger partial charge is 0.313 e. The fourth-order valence-corrected chi connectivity index (χ4v) is 2.97. The summed E-state index contributed by atoms with van der Waals surface area (Å²) < 4.78 is 7.84. The third-order valence-electron chi connectivity index (χ3n) is 3.12. The van der Waals surface area contributed by atoms with Crippen molar-refractivity contribution < 1.29 is 14.6 Å². The Morgan fingerprint density at radius 1 is 1.50 bits per heavy atom. The Kier molecular flexibility index (Phi) is 3.64. The highest BCUT2D eigenvalue weighted by molar-refractivity contribution is 7.99. The van der Waals surface area contributed by atoms with Gasteiger partial charge in [0.2, 0.25) is 0 Å². The summed E-state index contributed by atoms with van der Waals surface area (Å²) in [5.41, 5.74) is 1.22. The van der Waals surface area contributed by atoms with Crippen LogP contribution in [0, 0.1) is 0 Å². The maximum atomic E-state index is 10.6. The van der Waals surface area contributed by atoms with Gasteiger partial charge in [-0.2, -0.15) is 0 Å². The first-order chi connectivity index (χ1) is 9.72. The zero-order valence-corrected chi connectivity index (χ0v) is 11.5. The third-order valence-corrected chi connectivity index (χ3v) is 4.11. The zero-order valence-electron chi connectivity index (χ0n) is 10.7. The van der Waals surface area contributed by atoms with E-state index < -0.39 is 5.97 Å². The summed E-state index contributed by atoms with van der Waals surface area (Å²) in [5.74, 6) is 0.120. The highest BCUT2D eigenvalue weighted by Crippen LogP contribution is 2.29. The number of carbonyl (C=O) groups is 1. The van der Waals surface area contributed by atoms with Crippen molar-refractivity contribution in [2.45, 2.75) is 24.2 Å². The minimum atomic E-state index is -0.839. The van der Waals surface area contributed by atoms with Crippen molar-refractivity contribution in [1.82, 2.24) is 9.55 Å². The number of aromatic nitrogens is 2. The van der Waals surface area contributed by atoms with E-state index in [-0.39, 0.29) is 11.9 Å². The third kappa shape index (κ3) is 2.80. The highest BCUT2D eigenvalue weighted by atomic mass is 32.2. The second-order valence-corrected chi connectivity index (χ2v) is 5.54. The van der Waals surface area contributed by atoms with Crippen molar-refractivity contribution in [1.29, 1.82) is 0 Å². The number of nitrogens with zero attached hydrogens (tertiary/aromatic N) is 2. The van der Waals surface area contributed by atoms with Gasteiger partial charge >= 0.3 is 5.97 Å². The molecule has 1 N–H and O–H groups in total. The molecule has 2 heterocycles. The Balaban J connectivity index is 1.65. The molecule has 1 aromatic heterocycles. The number of hydrogen-bond acceptors (Lipinski definition) is 4. The Morgan fingerprint density at radius 3 is 3.15 bits per heavy atom. The lowest BCUT2D eigenvalue weighted by Crippen LogP contribution is -2.21. The molecular weight excluding hydrogens is 276 g/mol. The van der Waals surface area contributed by atoms with E-state index in [2.05, 4.69) is 11.1 Å². The van der Waals surface area contributed by atoms with Crippen molar-refractivity contribution in [3.63, 3.8) is 0 Å². The van der Waals surface area contributed by atoms with Crippen LogP contribution in [0.25, 0.3) is 0 Å². The molecule has 5 nitrogen and oxygen atoms in total. The minimum Gasteiger partial charge on any atom is -0.488 e. The average molecular weight is 290 g/mol. The van der Waals surface area contributed by atoms with Gasteiger partial charge in [0.1, 0.15) is 11.9 Å². The molecule has 0 saturated heterocycles. The molecule has 1 aliphatic heterocycles. The van der Waals surface area contributed by atoms with Gasteiger partial charge < -0.3 is 14.4 Å². The van der Waals surface area contributed by atoms with Crippen LogP contribution >= 0.6 is 11.8 Å². The number of rotatable bonds is 5. The van der Waals surface area contributed by atoms with Crippen LogP contribution in [0.3, 0.4) is 0 Å². The molecule has 3 rings (SSSR count). The topological polar surface area (TPSA) is 64.3 Å². The van der Waals surface area contributed by atoms with E-state index in [4.69, 9.17) is 9.84 Å². The number of thioether (sulfide) groups is 1. The van der Waals surface area contributed by atoms with Gasteiger partial charge in [-0.15, -0.1) is 0 Å². The van der Waals surface area contributed by atoms with Crippen LogP contribution in [0.2, 0.25) is 0 Å². The number of carboxylic acids is 1. The van der Waals surface area contributed by atoms with Crippen LogP contribution in [0.15, 0.2) is 41.8 Å². The van der Waals surface area contributed by atoms with Crippen molar-refractivity contribution >= 4 is 17.7 Å². The molecule has 0 amide bonds. The van der Waals surface area contributed by atoms with Gasteiger partial charge in [0.25, 0.3) is 0 Å². The molecule has 20 heavy (non-hydrogen) atoms. The first-order valence-corrected chi connectivity index (χ1v) is 7.31. The molecule has 1 atom stereocenters. The molecular formula is C14H14N2O3S. The van der Waals surface area contributed by atoms with Gasteiger partial charge in [0.15, 0.2) is 5.16 Å². The fourth-order valence-electron chi connectivity index (χ4n) is 2.28. The summed E-state index contributed by atoms with van der Waals surface area (Å²) in [5, 5.41) is 9.44. The van der Waals surface area contributed by atoms with E-state index in [9.17, 15) is 4.79 Å². The van der Waals surface area contributed by atoms with E-state index in [0.29, 0.717) is 11.7 Å². The molecule has 1 unspecified atom stereocenters. The normalized spacial score (nSPS) is 16.7. The van der Waals surface area contributed by atoms with E-state index in [1.165, 1.54) is 17.3 Å². The number of ether oxygens (including phenoxy) is 1. The predicted molar refractivity (Wildman–Crippen MR) is 75.1 cm³/mol. The van der Waals surface area contributed by atoms with Crippen LogP contribution < -0.4 is 4.74 Å². The first kappa shape index (κ1) is 13.1. The first-order valence-electron chi connectivity index (χ1n) is 6.32. The largest absolute Gasteiger partial charge is 0.488 e. The number of fused-ring (bicyclic) bond motifs is 1. The molecule has 0 fully saturated rings. The number of para-hydroxylation sites is 1. The summed E-state index contributed by atoms with van der Waals surface area (Å²) >= 11 is 1.23. The number of aliphatic carboxylic acids is 1. The minimum absolute atomic E-state index is 0.0166. The van der Waals surface area contributed by atoms with E-state index in [0.717, 1.165) is 12.2 Å². The van der Waals surface area contributed by atoms with Crippen LogP contribution in [-0.2, 0) is 17.8 Å². The number of imidazole rings is 1. The highest BCUT2D eigenvalue weighted by Gasteiger charge is 2.23. The molecule has 0 radical (unpaired) electrons. The second kappa shape index (κ2) is 5.58. The van der Waals surface area contributed by atoms with Crippen molar-refractivity contribution in [2.75, 3.05) is 5.75 Å². The molecule has 1 aliphatic rings. The van der Waals surface area contributed by atoms with E-state index in [1.54, 1.807) is 6.20 Å². The second-order valence-electron chi connectivity index (χ2n) is 4.60. The average Bonchev–Trinajstić information content (AvgIpc) is 3.02. The summed E-state index contributed by atoms with van der Waals surface area (Å²) in [4.78, 5) is 14.8. The van der Waals surface area contributed by atoms with Gasteiger partial charge in [-0.05, 0) is 11.6 Å². The summed E-state index contributed by atoms with van der Waals surface area (Å²) in [6.45, 7) is 0.677. The van der Waals surface area contributed by atoms with Crippen LogP contribution in [0.4, 0.5) is 0 Å². The Bertz CT molecular complexity index is 601. The van der Waals surface area contributed by atoms with E-state index in [1.807, 2.05) is 29.0 Å². The van der Waals surface area contributed by atoms with Crippen LogP contribution in [-0.4, -0.2) is 32.5 Å². The summed E-state index contributed by atoms with van der Waals surface area (Å²) in [7, 11) is 0. The van der Waals surface area contributed by atoms with Gasteiger partial charge in [-0.3, -0.25) is 4.79 Å². The molecule has 0 saturated carbocycles. The molecule has 104 valence electrons. The van der Waals surface area contributed by atoms with Gasteiger partial charge in [0.05, 0.1) is 12.3 Å². The lowest BCUT2D eigenvalue weighted by atomic mass is 10.1. The van der Waals surface area contributed by atoms with Crippen molar-refractivity contribution in [2.24, 2.45) is 0 Å². The molecule has 1 aromatic carbocycles. The molecule has 0 spiro atoms. The fraction of sp³-hybridized carbons (Fsp3) is 0.286. The number of carboxylic acid groups (broad SMARTS) is 1. The quantitative estimate of drug-likeness (QED) is 0.854. The molecule has 0 aliphatic carbocycles. The van der Waals surface area contributed by atoms with Gasteiger partial charge in [-0.1, -0.05) is 30.0 Å². The zero-order chi connectivity index (χ0) is 13.9. The maximum absolute atomic E-state index is 10.6. The Hall–Kier alpha value is -1.95. The summed E-state index contributed by atoms with van der Waals surface area (Å²) in [6, 6.07) is 8.02. The number of hydrogen-bond donors (Lipinski definition) is 1. The number of benzene rings is 1. The standard InChI is InChI=1S/C14H14N2O3S/c17-13(18)9-20-14-15-5-6-16(14)8-11-7-10-3-1-2-4-12(10)19-11/h1-6,11H,7-9H2,(H,17,18). The van der Waals surface area contributed by atoms with Gasteiger partial charge in [0, 0.05) is 18.8 Å². The molecule has 0 bridgehead atoms. The lowest BCUT2D eigenvalue weighted by molar-refractivity contribution is -0.133. The monoisotopic (exact) mass is 290 g/mol. The van der Waals surface area contributed by atoms with Crippen molar-refractivity contribution in [3.05, 3.63) is 42.2 Å². The van der Waals surface area contributed by atoms with E-state index >= 15 is 0 Å². The Morgan fingerprint density at radius 2 is 2.35 bits per heavy atom. The molecule has 6 heteroatoms. The Labute approximate surface area is 120 Å². The van der Waals surface area contributed by atoms with Gasteiger partial charge in [-0.25, -0.2) is 4.98 Å². The van der Waals surface area contributed by atoms with Crippen LogP contribution in [0.1, 0.15) is 5.56 Å².